The zero-order chi connectivity index (χ0) is 27.0. The Hall–Kier alpha value is 0.267. The van der Waals surface area contributed by atoms with Crippen molar-refractivity contribution in [2.45, 2.75) is 154 Å². The largest absolute Gasteiger partial charge is 0.394 e. The molecule has 0 aromatic rings. The van der Waals surface area contributed by atoms with Crippen molar-refractivity contribution in [3.8, 4) is 0 Å². The summed E-state index contributed by atoms with van der Waals surface area (Å²) in [4.78, 5) is 0. The molecule has 6 nitrogen and oxygen atoms in total. The summed E-state index contributed by atoms with van der Waals surface area (Å²) >= 11 is 0. The Kier molecular flexibility index (Phi) is 28.2. The molecule has 0 radical (unpaired) electrons. The van der Waals surface area contributed by atoms with E-state index < -0.39 is 15.7 Å². The molecule has 0 amide bonds. The quantitative estimate of drug-likeness (QED) is 0.0556. The number of unbranched alkanes of at least 4 members (excludes halogenated alkanes) is 13. The van der Waals surface area contributed by atoms with Gasteiger partial charge in [-0.05, 0) is 38.7 Å². The molecule has 0 saturated carbocycles. The maximum absolute atomic E-state index is 9.01. The molecule has 0 heterocycles. The minimum absolute atomic E-state index is 0. The number of hydrogen-bond donors (Lipinski definition) is 3. The van der Waals surface area contributed by atoms with Gasteiger partial charge in [-0.3, -0.25) is 0 Å². The maximum Gasteiger partial charge on any atom is 0.270 e. The summed E-state index contributed by atoms with van der Waals surface area (Å²) in [6.07, 6.45) is 22.9. The Morgan fingerprint density at radius 2 is 1.08 bits per heavy atom. The second-order valence-electron chi connectivity index (χ2n) is 11.3. The molecular formula is C29H64ClNO5Si. The molecule has 226 valence electrons. The SMILES string of the molecule is CCCCCCCCCCCCCCCCC(CCC[SiH2]OC(C)(OCCO)OCCO)C(C)(C)N.Cl. The highest BCUT2D eigenvalue weighted by molar-refractivity contribution is 6.27. The van der Waals surface area contributed by atoms with Crippen molar-refractivity contribution in [1.29, 1.82) is 0 Å². The van der Waals surface area contributed by atoms with E-state index in [1.807, 2.05) is 0 Å². The molecular weight excluding hydrogens is 506 g/mol. The molecule has 37 heavy (non-hydrogen) atoms. The monoisotopic (exact) mass is 569 g/mol. The van der Waals surface area contributed by atoms with Gasteiger partial charge in [0.15, 0.2) is 9.76 Å². The Balaban J connectivity index is 0. The predicted molar refractivity (Wildman–Crippen MR) is 162 cm³/mol. The highest BCUT2D eigenvalue weighted by Gasteiger charge is 2.27. The van der Waals surface area contributed by atoms with E-state index in [1.165, 1.54) is 96.3 Å². The second kappa shape index (κ2) is 26.5. The van der Waals surface area contributed by atoms with Gasteiger partial charge in [0.25, 0.3) is 5.97 Å². The lowest BCUT2D eigenvalue weighted by molar-refractivity contribution is -0.336. The van der Waals surface area contributed by atoms with Crippen molar-refractivity contribution in [2.24, 2.45) is 11.7 Å². The van der Waals surface area contributed by atoms with Gasteiger partial charge in [-0.2, -0.15) is 0 Å². The number of nitrogens with two attached hydrogens (primary N) is 1. The van der Waals surface area contributed by atoms with E-state index in [2.05, 4.69) is 20.8 Å². The first-order chi connectivity index (χ1) is 17.3. The Morgan fingerprint density at radius 3 is 1.49 bits per heavy atom. The summed E-state index contributed by atoms with van der Waals surface area (Å²) in [6, 6.07) is 1.03. The number of aliphatic hydroxyl groups is 2. The van der Waals surface area contributed by atoms with Crippen LogP contribution in [0.1, 0.15) is 137 Å². The molecule has 0 aliphatic heterocycles. The molecule has 0 bridgehead atoms. The summed E-state index contributed by atoms with van der Waals surface area (Å²) in [6.45, 7) is 8.46. The van der Waals surface area contributed by atoms with E-state index in [0.717, 1.165) is 18.9 Å². The lowest BCUT2D eigenvalue weighted by atomic mass is 9.81. The third kappa shape index (κ3) is 25.0. The Morgan fingerprint density at radius 1 is 0.676 bits per heavy atom. The van der Waals surface area contributed by atoms with Crippen LogP contribution >= 0.6 is 12.4 Å². The predicted octanol–water partition coefficient (Wildman–Crippen LogP) is 6.62. The third-order valence-corrected chi connectivity index (χ3v) is 8.70. The summed E-state index contributed by atoms with van der Waals surface area (Å²) in [5, 5.41) is 18.0. The number of hydrogen-bond acceptors (Lipinski definition) is 6. The standard InChI is InChI=1S/C29H63NO5Si.ClH/c1-5-6-7-8-9-10-11-12-13-14-15-16-17-18-20-27(28(2,3)30)21-19-26-36-35-29(4,33-24-22-31)34-25-23-32;/h27,31-32H,5-26,30,36H2,1-4H3;1H. The zero-order valence-corrected chi connectivity index (χ0v) is 27.2. The van der Waals surface area contributed by atoms with Crippen LogP contribution in [0.4, 0.5) is 0 Å². The van der Waals surface area contributed by atoms with Gasteiger partial charge in [-0.15, -0.1) is 12.4 Å². The van der Waals surface area contributed by atoms with Crippen LogP contribution in [0.15, 0.2) is 0 Å². The van der Waals surface area contributed by atoms with Crippen molar-refractivity contribution in [2.75, 3.05) is 26.4 Å². The zero-order valence-electron chi connectivity index (χ0n) is 24.9. The van der Waals surface area contributed by atoms with Crippen LogP contribution in [0.5, 0.6) is 0 Å². The molecule has 0 aliphatic rings. The molecule has 8 heteroatoms. The smallest absolute Gasteiger partial charge is 0.270 e. The third-order valence-electron chi connectivity index (χ3n) is 7.18. The van der Waals surface area contributed by atoms with Gasteiger partial charge in [0.1, 0.15) is 0 Å². The van der Waals surface area contributed by atoms with Crippen molar-refractivity contribution in [1.82, 2.24) is 0 Å². The van der Waals surface area contributed by atoms with Gasteiger partial charge in [0.2, 0.25) is 0 Å². The minimum Gasteiger partial charge on any atom is -0.394 e. The topological polar surface area (TPSA) is 94.2 Å². The van der Waals surface area contributed by atoms with Crippen LogP contribution in [0.2, 0.25) is 6.04 Å². The van der Waals surface area contributed by atoms with Crippen LogP contribution in [0.25, 0.3) is 0 Å². The number of rotatable bonds is 28. The van der Waals surface area contributed by atoms with Crippen molar-refractivity contribution in [3.63, 3.8) is 0 Å². The van der Waals surface area contributed by atoms with Crippen LogP contribution in [0, 0.1) is 5.92 Å². The van der Waals surface area contributed by atoms with E-state index in [0.29, 0.717) is 5.92 Å². The van der Waals surface area contributed by atoms with E-state index in [4.69, 9.17) is 29.8 Å². The molecule has 0 aromatic carbocycles. The molecule has 0 saturated heterocycles. The normalized spacial score (nSPS) is 13.4. The first-order valence-electron chi connectivity index (χ1n) is 15.2. The van der Waals surface area contributed by atoms with Gasteiger partial charge in [0.05, 0.1) is 26.4 Å². The van der Waals surface area contributed by atoms with Gasteiger partial charge in [-0.1, -0.05) is 103 Å². The average Bonchev–Trinajstić information content (AvgIpc) is 2.84. The number of ether oxygens (including phenoxy) is 2. The number of halogens is 1. The molecule has 0 fully saturated rings. The van der Waals surface area contributed by atoms with E-state index >= 15 is 0 Å². The summed E-state index contributed by atoms with van der Waals surface area (Å²) in [7, 11) is -0.836. The molecule has 0 aromatic heterocycles. The Labute approximate surface area is 238 Å². The van der Waals surface area contributed by atoms with Crippen LogP contribution < -0.4 is 5.73 Å². The molecule has 0 spiro atoms. The van der Waals surface area contributed by atoms with Crippen LogP contribution in [0.3, 0.4) is 0 Å². The molecule has 1 unspecified atom stereocenters. The highest BCUT2D eigenvalue weighted by atomic mass is 35.5. The fourth-order valence-electron chi connectivity index (χ4n) is 4.81. The van der Waals surface area contributed by atoms with E-state index in [-0.39, 0.29) is 44.4 Å². The van der Waals surface area contributed by atoms with Crippen LogP contribution in [-0.2, 0) is 13.9 Å². The van der Waals surface area contributed by atoms with Gasteiger partial charge in [-0.25, -0.2) is 0 Å². The van der Waals surface area contributed by atoms with Crippen molar-refractivity contribution < 1.29 is 24.1 Å². The first kappa shape index (κ1) is 39.4. The average molecular weight is 570 g/mol. The first-order valence-corrected chi connectivity index (χ1v) is 16.8. The van der Waals surface area contributed by atoms with Crippen LogP contribution in [-0.4, -0.2) is 57.9 Å². The second-order valence-corrected chi connectivity index (χ2v) is 12.7. The lowest BCUT2D eigenvalue weighted by Gasteiger charge is -2.31. The maximum atomic E-state index is 9.01. The fraction of sp³-hybridized carbons (Fsp3) is 1.00. The molecule has 1 atom stereocenters. The lowest BCUT2D eigenvalue weighted by Crippen LogP contribution is -2.41. The highest BCUT2D eigenvalue weighted by Crippen LogP contribution is 2.27. The fourth-order valence-corrected chi connectivity index (χ4v) is 5.99. The van der Waals surface area contributed by atoms with Gasteiger partial charge >= 0.3 is 0 Å². The molecule has 4 N–H and O–H groups in total. The summed E-state index contributed by atoms with van der Waals surface area (Å²) in [5.74, 6) is -0.634. The van der Waals surface area contributed by atoms with Gasteiger partial charge < -0.3 is 29.8 Å². The van der Waals surface area contributed by atoms with Crippen molar-refractivity contribution >= 4 is 22.2 Å². The van der Waals surface area contributed by atoms with E-state index in [9.17, 15) is 0 Å². The molecule has 0 aliphatic carbocycles. The van der Waals surface area contributed by atoms with Gasteiger partial charge in [0, 0.05) is 12.5 Å². The summed E-state index contributed by atoms with van der Waals surface area (Å²) in [5.41, 5.74) is 6.37. The molecule has 0 rings (SSSR count). The number of aliphatic hydroxyl groups excluding tert-OH is 2. The Bertz CT molecular complexity index is 460. The van der Waals surface area contributed by atoms with Crippen molar-refractivity contribution in [3.05, 3.63) is 0 Å². The minimum atomic E-state index is -1.17. The van der Waals surface area contributed by atoms with E-state index in [1.54, 1.807) is 6.92 Å². The summed E-state index contributed by atoms with van der Waals surface area (Å²) < 4.78 is 16.9.